The number of benzene rings is 2. The predicted octanol–water partition coefficient (Wildman–Crippen LogP) is 5.12. The minimum absolute atomic E-state index is 0.000562. The van der Waals surface area contributed by atoms with Crippen molar-refractivity contribution in [1.29, 1.82) is 0 Å². The highest BCUT2D eigenvalue weighted by Gasteiger charge is 2.43. The number of nitrogens with zero attached hydrogens (tertiary/aromatic N) is 3. The summed E-state index contributed by atoms with van der Waals surface area (Å²) >= 11 is 12.2. The number of alkyl halides is 3. The average molecular weight is 553 g/mol. The van der Waals surface area contributed by atoms with Gasteiger partial charge in [-0.25, -0.2) is 9.78 Å². The number of hydrogen-bond donors (Lipinski definition) is 1. The number of aromatic nitrogens is 3. The molecular weight excluding hydrogens is 532 g/mol. The number of aromatic amines is 1. The van der Waals surface area contributed by atoms with Crippen LogP contribution in [-0.4, -0.2) is 51.4 Å². The lowest BCUT2D eigenvalue weighted by atomic mass is 9.95. The highest BCUT2D eigenvalue weighted by molar-refractivity contribution is 6.31. The largest absolute Gasteiger partial charge is 0.493 e. The van der Waals surface area contributed by atoms with Gasteiger partial charge in [0, 0.05) is 39.6 Å². The van der Waals surface area contributed by atoms with Gasteiger partial charge in [-0.05, 0) is 74.3 Å². The molecule has 1 saturated heterocycles. The lowest BCUT2D eigenvalue weighted by molar-refractivity contribution is -0.200. The fourth-order valence-electron chi connectivity index (χ4n) is 4.69. The van der Waals surface area contributed by atoms with E-state index in [1.54, 1.807) is 0 Å². The van der Waals surface area contributed by atoms with Crippen LogP contribution in [0.1, 0.15) is 30.1 Å². The monoisotopic (exact) mass is 552 g/mol. The summed E-state index contributed by atoms with van der Waals surface area (Å²) in [5, 5.41) is 2.05. The lowest BCUT2D eigenvalue weighted by Crippen LogP contribution is -2.42. The van der Waals surface area contributed by atoms with E-state index in [-0.39, 0.29) is 22.6 Å². The molecule has 1 aliphatic heterocycles. The number of halogens is 5. The van der Waals surface area contributed by atoms with Crippen molar-refractivity contribution in [3.8, 4) is 0 Å². The van der Waals surface area contributed by atoms with Gasteiger partial charge in [0.15, 0.2) is 5.82 Å². The van der Waals surface area contributed by atoms with Crippen molar-refractivity contribution in [3.63, 3.8) is 0 Å². The van der Waals surface area contributed by atoms with Crippen molar-refractivity contribution in [2.75, 3.05) is 19.6 Å². The molecule has 2 aromatic carbocycles. The van der Waals surface area contributed by atoms with Crippen LogP contribution in [0.3, 0.4) is 0 Å². The summed E-state index contributed by atoms with van der Waals surface area (Å²) in [6, 6.07) is 9.91. The highest BCUT2D eigenvalue weighted by Crippen LogP contribution is 2.29. The fraction of sp³-hybridized carbons (Fsp3) is 0.320. The smallest absolute Gasteiger partial charge is 0.361 e. The van der Waals surface area contributed by atoms with Gasteiger partial charge in [0.1, 0.15) is 0 Å². The first-order valence-corrected chi connectivity index (χ1v) is 12.4. The molecule has 12 heteroatoms. The first-order valence-electron chi connectivity index (χ1n) is 11.6. The van der Waals surface area contributed by atoms with Gasteiger partial charge >= 0.3 is 12.1 Å². The van der Waals surface area contributed by atoms with E-state index in [4.69, 9.17) is 23.2 Å². The van der Waals surface area contributed by atoms with E-state index < -0.39 is 17.7 Å². The third-order valence-corrected chi connectivity index (χ3v) is 7.07. The van der Waals surface area contributed by atoms with Gasteiger partial charge in [-0.1, -0.05) is 23.2 Å². The Morgan fingerprint density at radius 2 is 1.78 bits per heavy atom. The third kappa shape index (κ3) is 5.32. The molecule has 37 heavy (non-hydrogen) atoms. The number of carbonyl (C=O) groups excluding carboxylic acids is 1. The molecule has 0 aliphatic carbocycles. The summed E-state index contributed by atoms with van der Waals surface area (Å²) in [6.45, 7) is 2.03. The maximum atomic E-state index is 13.0. The average Bonchev–Trinajstić information content (AvgIpc) is 3.25. The quantitative estimate of drug-likeness (QED) is 0.371. The molecule has 2 aromatic heterocycles. The number of carbonyl (C=O) groups is 1. The van der Waals surface area contributed by atoms with Gasteiger partial charge in [0.05, 0.1) is 10.9 Å². The van der Waals surface area contributed by atoms with Crippen LogP contribution in [0.2, 0.25) is 10.0 Å². The summed E-state index contributed by atoms with van der Waals surface area (Å²) in [5.74, 6) is -2.90. The number of hydrogen-bond acceptors (Lipinski definition) is 5. The van der Waals surface area contributed by atoms with E-state index in [0.717, 1.165) is 29.4 Å². The van der Waals surface area contributed by atoms with Crippen LogP contribution < -0.4 is 10.4 Å². The second-order valence-corrected chi connectivity index (χ2v) is 9.85. The standard InChI is InChI=1S/C25H21Cl2F3N4O3/c26-16-2-4-20-19(11-16)15(13-31-20)7-10-33-8-5-14(6-9-33)22-32-21-12-17(27)1-3-18(21)23(35)34(22)37-24(36)25(28,29)30/h1-4,11-14,31H,5-10H2. The SMILES string of the molecule is O=C(On1c(C2CCN(CCc3c[nH]c4ccc(Cl)cc34)CC2)nc2cc(Cl)ccc2c1=O)C(F)(F)F. The van der Waals surface area contributed by atoms with Gasteiger partial charge < -0.3 is 14.7 Å². The molecule has 1 N–H and O–H groups in total. The molecule has 0 bridgehead atoms. The second kappa shape index (κ2) is 10.00. The first-order chi connectivity index (χ1) is 17.6. The van der Waals surface area contributed by atoms with Crippen molar-refractivity contribution < 1.29 is 22.8 Å². The lowest BCUT2D eigenvalue weighted by Gasteiger charge is -2.32. The van der Waals surface area contributed by atoms with Crippen LogP contribution in [0.25, 0.3) is 21.8 Å². The Bertz CT molecular complexity index is 1540. The van der Waals surface area contributed by atoms with Crippen molar-refractivity contribution >= 4 is 51.0 Å². The van der Waals surface area contributed by atoms with Crippen LogP contribution in [0.15, 0.2) is 47.4 Å². The second-order valence-electron chi connectivity index (χ2n) is 8.98. The molecule has 1 aliphatic rings. The summed E-state index contributed by atoms with van der Waals surface area (Å²) in [6.07, 6.45) is -1.48. The molecular formula is C25H21Cl2F3N4O3. The van der Waals surface area contributed by atoms with Crippen LogP contribution in [-0.2, 0) is 11.2 Å². The predicted molar refractivity (Wildman–Crippen MR) is 134 cm³/mol. The molecule has 7 nitrogen and oxygen atoms in total. The molecule has 0 spiro atoms. The van der Waals surface area contributed by atoms with Crippen LogP contribution in [0, 0.1) is 0 Å². The normalized spacial score (nSPS) is 15.5. The molecule has 194 valence electrons. The van der Waals surface area contributed by atoms with E-state index in [9.17, 15) is 22.8 Å². The molecule has 4 aromatic rings. The number of likely N-dealkylation sites (tertiary alicyclic amines) is 1. The minimum Gasteiger partial charge on any atom is -0.361 e. The first kappa shape index (κ1) is 25.6. The van der Waals surface area contributed by atoms with Gasteiger partial charge in [0.25, 0.3) is 5.56 Å². The number of H-pyrrole nitrogens is 1. The van der Waals surface area contributed by atoms with Crippen LogP contribution in [0.4, 0.5) is 13.2 Å². The van der Waals surface area contributed by atoms with E-state index in [2.05, 4.69) is 19.7 Å². The highest BCUT2D eigenvalue weighted by atomic mass is 35.5. The topological polar surface area (TPSA) is 80.2 Å². The number of fused-ring (bicyclic) bond motifs is 2. The number of piperidine rings is 1. The minimum atomic E-state index is -5.26. The Hall–Kier alpha value is -3.08. The Kier molecular flexibility index (Phi) is 6.91. The molecule has 3 heterocycles. The van der Waals surface area contributed by atoms with Crippen molar-refractivity contribution in [2.45, 2.75) is 31.4 Å². The van der Waals surface area contributed by atoms with Gasteiger partial charge in [-0.3, -0.25) is 4.79 Å². The summed E-state index contributed by atoms with van der Waals surface area (Å²) in [4.78, 5) is 39.0. The zero-order valence-corrected chi connectivity index (χ0v) is 20.8. The third-order valence-electron chi connectivity index (χ3n) is 6.60. The Labute approximate surface area is 218 Å². The van der Waals surface area contributed by atoms with Gasteiger partial charge in [-0.2, -0.15) is 13.2 Å². The van der Waals surface area contributed by atoms with E-state index >= 15 is 0 Å². The number of nitrogens with one attached hydrogen (secondary N) is 1. The van der Waals surface area contributed by atoms with Gasteiger partial charge in [0.2, 0.25) is 0 Å². The molecule has 0 amide bonds. The summed E-state index contributed by atoms with van der Waals surface area (Å²) in [7, 11) is 0. The Morgan fingerprint density at radius 1 is 1.08 bits per heavy atom. The van der Waals surface area contributed by atoms with E-state index in [1.165, 1.54) is 18.2 Å². The van der Waals surface area contributed by atoms with Crippen molar-refractivity contribution in [1.82, 2.24) is 19.6 Å². The van der Waals surface area contributed by atoms with Crippen LogP contribution >= 0.6 is 23.2 Å². The molecule has 0 saturated carbocycles. The molecule has 0 atom stereocenters. The zero-order valence-electron chi connectivity index (χ0n) is 19.3. The molecule has 0 radical (unpaired) electrons. The molecule has 0 unspecified atom stereocenters. The zero-order chi connectivity index (χ0) is 26.3. The summed E-state index contributed by atoms with van der Waals surface area (Å²) < 4.78 is 39.2. The maximum absolute atomic E-state index is 13.0. The van der Waals surface area contributed by atoms with Crippen molar-refractivity contribution in [3.05, 3.63) is 74.4 Å². The van der Waals surface area contributed by atoms with E-state index in [0.29, 0.717) is 40.7 Å². The molecule has 1 fully saturated rings. The Balaban J connectivity index is 1.35. The fourth-order valence-corrected chi connectivity index (χ4v) is 5.03. The van der Waals surface area contributed by atoms with Gasteiger partial charge in [-0.15, -0.1) is 4.73 Å². The van der Waals surface area contributed by atoms with Crippen molar-refractivity contribution in [2.24, 2.45) is 0 Å². The Morgan fingerprint density at radius 3 is 2.51 bits per heavy atom. The number of rotatable bonds is 5. The van der Waals surface area contributed by atoms with E-state index in [1.807, 2.05) is 24.4 Å². The summed E-state index contributed by atoms with van der Waals surface area (Å²) in [5.41, 5.74) is 1.48. The molecule has 5 rings (SSSR count). The maximum Gasteiger partial charge on any atom is 0.493 e. The van der Waals surface area contributed by atoms with Crippen LogP contribution in [0.5, 0.6) is 0 Å².